The molecular weight excluding hydrogens is 377 g/mol. The van der Waals surface area contributed by atoms with Crippen molar-refractivity contribution >= 4 is 22.5 Å². The minimum absolute atomic E-state index is 0.237. The van der Waals surface area contributed by atoms with Gasteiger partial charge in [-0.3, -0.25) is 4.90 Å². The second-order valence-corrected chi connectivity index (χ2v) is 7.47. The highest BCUT2D eigenvalue weighted by Gasteiger charge is 2.20. The summed E-state index contributed by atoms with van der Waals surface area (Å²) in [6, 6.07) is 14.8. The summed E-state index contributed by atoms with van der Waals surface area (Å²) >= 11 is 6.58. The van der Waals surface area contributed by atoms with Gasteiger partial charge in [-0.25, -0.2) is 4.39 Å². The number of hydrogen-bond acceptors (Lipinski definition) is 2. The molecule has 0 aliphatic carbocycles. The van der Waals surface area contributed by atoms with Gasteiger partial charge < -0.3 is 14.3 Å². The van der Waals surface area contributed by atoms with Gasteiger partial charge in [-0.1, -0.05) is 11.6 Å². The number of ether oxygens (including phenoxy) is 1. The van der Waals surface area contributed by atoms with Gasteiger partial charge in [-0.05, 0) is 48.5 Å². The number of fused-ring (bicyclic) bond motifs is 2. The van der Waals surface area contributed by atoms with E-state index < -0.39 is 0 Å². The Morgan fingerprint density at radius 2 is 2.07 bits per heavy atom. The van der Waals surface area contributed by atoms with Crippen LogP contribution in [0.3, 0.4) is 0 Å². The lowest BCUT2D eigenvalue weighted by Crippen LogP contribution is -2.25. The third kappa shape index (κ3) is 3.17. The quantitative estimate of drug-likeness (QED) is 0.520. The number of nitrogens with one attached hydrogen (secondary N) is 1. The van der Waals surface area contributed by atoms with Crippen LogP contribution < -0.4 is 4.74 Å². The molecule has 0 unspecified atom stereocenters. The number of aromatic nitrogens is 2. The smallest absolute Gasteiger partial charge is 0.142 e. The van der Waals surface area contributed by atoms with Crippen molar-refractivity contribution < 1.29 is 9.13 Å². The van der Waals surface area contributed by atoms with E-state index in [1.807, 2.05) is 35.2 Å². The summed E-state index contributed by atoms with van der Waals surface area (Å²) in [5.41, 5.74) is 4.10. The van der Waals surface area contributed by atoms with Crippen molar-refractivity contribution in [2.24, 2.45) is 0 Å². The number of nitrogens with zero attached hydrogens (tertiary/aromatic N) is 2. The first-order valence-corrected chi connectivity index (χ1v) is 9.62. The van der Waals surface area contributed by atoms with Crippen molar-refractivity contribution in [3.63, 3.8) is 0 Å². The first-order chi connectivity index (χ1) is 13.7. The summed E-state index contributed by atoms with van der Waals surface area (Å²) in [6.07, 6.45) is 3.88. The van der Waals surface area contributed by atoms with Crippen LogP contribution in [0.25, 0.3) is 16.6 Å². The Kier molecular flexibility index (Phi) is 4.34. The second kappa shape index (κ2) is 7.00. The van der Waals surface area contributed by atoms with Gasteiger partial charge in [0.2, 0.25) is 0 Å². The van der Waals surface area contributed by atoms with E-state index in [0.29, 0.717) is 11.6 Å². The van der Waals surface area contributed by atoms with E-state index in [2.05, 4.69) is 22.0 Å². The van der Waals surface area contributed by atoms with Crippen molar-refractivity contribution in [2.75, 3.05) is 13.2 Å². The predicted molar refractivity (Wildman–Crippen MR) is 109 cm³/mol. The number of benzene rings is 2. The average molecular weight is 396 g/mol. The van der Waals surface area contributed by atoms with Gasteiger partial charge in [-0.2, -0.15) is 0 Å². The molecule has 0 fully saturated rings. The molecule has 0 saturated heterocycles. The van der Waals surface area contributed by atoms with Gasteiger partial charge in [0.05, 0.1) is 10.5 Å². The average Bonchev–Trinajstić information content (AvgIpc) is 3.27. The largest absolute Gasteiger partial charge is 0.490 e. The summed E-state index contributed by atoms with van der Waals surface area (Å²) in [5, 5.41) is 1.45. The zero-order chi connectivity index (χ0) is 19.1. The lowest BCUT2D eigenvalue weighted by molar-refractivity contribution is 0.218. The first kappa shape index (κ1) is 17.3. The van der Waals surface area contributed by atoms with Crippen molar-refractivity contribution in [2.45, 2.75) is 13.1 Å². The third-order valence-corrected chi connectivity index (χ3v) is 5.42. The van der Waals surface area contributed by atoms with Crippen LogP contribution in [0.1, 0.15) is 11.3 Å². The van der Waals surface area contributed by atoms with Gasteiger partial charge >= 0.3 is 0 Å². The molecule has 4 aromatic rings. The number of aromatic amines is 1. The molecule has 5 rings (SSSR count). The monoisotopic (exact) mass is 395 g/mol. The maximum absolute atomic E-state index is 13.5. The summed E-state index contributed by atoms with van der Waals surface area (Å²) in [4.78, 5) is 5.59. The van der Waals surface area contributed by atoms with Gasteiger partial charge in [0, 0.05) is 54.4 Å². The fraction of sp³-hybridized carbons (Fsp3) is 0.182. The maximum Gasteiger partial charge on any atom is 0.142 e. The van der Waals surface area contributed by atoms with Crippen LogP contribution in [-0.4, -0.2) is 27.6 Å². The first-order valence-electron chi connectivity index (χ1n) is 9.24. The van der Waals surface area contributed by atoms with E-state index in [1.165, 1.54) is 17.8 Å². The van der Waals surface area contributed by atoms with E-state index in [0.717, 1.165) is 47.5 Å². The maximum atomic E-state index is 13.5. The molecule has 142 valence electrons. The van der Waals surface area contributed by atoms with Crippen molar-refractivity contribution in [3.05, 3.63) is 83.0 Å². The van der Waals surface area contributed by atoms with E-state index in [1.54, 1.807) is 6.07 Å². The van der Waals surface area contributed by atoms with E-state index in [9.17, 15) is 4.39 Å². The molecule has 1 N–H and O–H groups in total. The Hall–Kier alpha value is -2.76. The zero-order valence-electron chi connectivity index (χ0n) is 15.2. The Balaban J connectivity index is 1.53. The molecule has 1 aliphatic rings. The molecular formula is C22H19ClFN3O. The normalized spacial score (nSPS) is 14.6. The number of rotatable bonds is 3. The summed E-state index contributed by atoms with van der Waals surface area (Å²) in [6.45, 7) is 2.99. The SMILES string of the molecule is Fc1ccc2c(ccn2-c2cc(Cl)c3c(c2)CN(Cc2ccc[nH]2)CCO3)c1. The van der Waals surface area contributed by atoms with E-state index in [-0.39, 0.29) is 5.82 Å². The van der Waals surface area contributed by atoms with Crippen LogP contribution in [0, 0.1) is 5.82 Å². The van der Waals surface area contributed by atoms with E-state index >= 15 is 0 Å². The number of H-pyrrole nitrogens is 1. The minimum atomic E-state index is -0.237. The van der Waals surface area contributed by atoms with Crippen molar-refractivity contribution in [1.82, 2.24) is 14.5 Å². The van der Waals surface area contributed by atoms with Crippen LogP contribution in [0.4, 0.5) is 4.39 Å². The highest BCUT2D eigenvalue weighted by Crippen LogP contribution is 2.35. The molecule has 0 bridgehead atoms. The Morgan fingerprint density at radius 1 is 1.14 bits per heavy atom. The van der Waals surface area contributed by atoms with Crippen LogP contribution in [-0.2, 0) is 13.1 Å². The van der Waals surface area contributed by atoms with Crippen LogP contribution >= 0.6 is 11.6 Å². The molecule has 0 amide bonds. The van der Waals surface area contributed by atoms with Gasteiger partial charge in [0.25, 0.3) is 0 Å². The van der Waals surface area contributed by atoms with Gasteiger partial charge in [0.15, 0.2) is 0 Å². The highest BCUT2D eigenvalue weighted by atomic mass is 35.5. The second-order valence-electron chi connectivity index (χ2n) is 7.06. The molecule has 0 saturated carbocycles. The van der Waals surface area contributed by atoms with Crippen LogP contribution in [0.2, 0.25) is 5.02 Å². The summed E-state index contributed by atoms with van der Waals surface area (Å²) in [7, 11) is 0. The molecule has 6 heteroatoms. The number of hydrogen-bond donors (Lipinski definition) is 1. The third-order valence-electron chi connectivity index (χ3n) is 5.14. The molecule has 2 aromatic heterocycles. The van der Waals surface area contributed by atoms with Gasteiger partial charge in [0.1, 0.15) is 18.2 Å². The molecule has 1 aliphatic heterocycles. The Morgan fingerprint density at radius 3 is 2.93 bits per heavy atom. The lowest BCUT2D eigenvalue weighted by Gasteiger charge is -2.19. The minimum Gasteiger partial charge on any atom is -0.490 e. The molecule has 0 atom stereocenters. The fourth-order valence-corrected chi connectivity index (χ4v) is 4.12. The predicted octanol–water partition coefficient (Wildman–Crippen LogP) is 5.15. The standard InChI is InChI=1S/C22H19ClFN3O/c23-20-12-19(27-7-5-15-10-17(24)3-4-21(15)27)11-16-13-26(8-9-28-22(16)20)14-18-2-1-6-25-18/h1-7,10-12,25H,8-9,13-14H2. The molecule has 0 spiro atoms. The molecule has 4 nitrogen and oxygen atoms in total. The summed E-state index contributed by atoms with van der Waals surface area (Å²) < 4.78 is 21.5. The lowest BCUT2D eigenvalue weighted by atomic mass is 10.1. The van der Waals surface area contributed by atoms with Crippen molar-refractivity contribution in [3.8, 4) is 11.4 Å². The van der Waals surface area contributed by atoms with Crippen LogP contribution in [0.15, 0.2) is 60.9 Å². The Bertz CT molecular complexity index is 1140. The number of halogens is 2. The fourth-order valence-electron chi connectivity index (χ4n) is 3.83. The zero-order valence-corrected chi connectivity index (χ0v) is 15.9. The summed E-state index contributed by atoms with van der Waals surface area (Å²) in [5.74, 6) is 0.514. The molecule has 2 aromatic carbocycles. The Labute approximate surface area is 167 Å². The van der Waals surface area contributed by atoms with Crippen molar-refractivity contribution in [1.29, 1.82) is 0 Å². The van der Waals surface area contributed by atoms with Crippen LogP contribution in [0.5, 0.6) is 5.75 Å². The molecule has 3 heterocycles. The topological polar surface area (TPSA) is 33.2 Å². The van der Waals surface area contributed by atoms with E-state index in [4.69, 9.17) is 16.3 Å². The molecule has 28 heavy (non-hydrogen) atoms. The molecule has 0 radical (unpaired) electrons. The van der Waals surface area contributed by atoms with Gasteiger partial charge in [-0.15, -0.1) is 0 Å². The highest BCUT2D eigenvalue weighted by molar-refractivity contribution is 6.32.